The van der Waals surface area contributed by atoms with Gasteiger partial charge in [-0.25, -0.2) is 0 Å². The molecule has 19 heavy (non-hydrogen) atoms. The zero-order valence-electron chi connectivity index (χ0n) is 12.5. The first-order valence-electron chi connectivity index (χ1n) is 8.00. The van der Waals surface area contributed by atoms with E-state index in [1.807, 2.05) is 0 Å². The molecule has 1 nitrogen and oxygen atoms in total. The van der Waals surface area contributed by atoms with Crippen molar-refractivity contribution in [3.63, 3.8) is 0 Å². The number of hydrogen-bond donors (Lipinski definition) is 1. The molecule has 0 aliphatic heterocycles. The zero-order chi connectivity index (χ0) is 13.7. The van der Waals surface area contributed by atoms with Gasteiger partial charge in [0.25, 0.3) is 0 Å². The Hall–Kier alpha value is -0.480. The Morgan fingerprint density at radius 2 is 1.79 bits per heavy atom. The lowest BCUT2D eigenvalue weighted by Crippen LogP contribution is -2.58. The molecular weight excluding hydrogens is 232 g/mol. The SMILES string of the molecule is C#CCCCC(O)C12CC3CC(C)(CC(C)(C3)C1)C2. The van der Waals surface area contributed by atoms with Crippen molar-refractivity contribution in [1.82, 2.24) is 0 Å². The van der Waals surface area contributed by atoms with Crippen molar-refractivity contribution in [3.05, 3.63) is 0 Å². The third-order valence-electron chi connectivity index (χ3n) is 6.17. The van der Waals surface area contributed by atoms with Crippen LogP contribution in [0.2, 0.25) is 0 Å². The highest BCUT2D eigenvalue weighted by atomic mass is 16.3. The van der Waals surface area contributed by atoms with Gasteiger partial charge < -0.3 is 5.11 Å². The Balaban J connectivity index is 1.78. The van der Waals surface area contributed by atoms with E-state index in [2.05, 4.69) is 19.8 Å². The summed E-state index contributed by atoms with van der Waals surface area (Å²) < 4.78 is 0. The molecule has 0 radical (unpaired) electrons. The Morgan fingerprint density at radius 3 is 2.32 bits per heavy atom. The fourth-order valence-corrected chi connectivity index (χ4v) is 6.61. The lowest BCUT2D eigenvalue weighted by molar-refractivity contribution is -0.186. The van der Waals surface area contributed by atoms with Gasteiger partial charge in [0.05, 0.1) is 6.10 Å². The minimum atomic E-state index is -0.122. The van der Waals surface area contributed by atoms with E-state index in [9.17, 15) is 5.11 Å². The van der Waals surface area contributed by atoms with E-state index < -0.39 is 0 Å². The summed E-state index contributed by atoms with van der Waals surface area (Å²) in [7, 11) is 0. The number of aliphatic hydroxyl groups excluding tert-OH is 1. The molecule has 0 saturated heterocycles. The molecule has 0 spiro atoms. The quantitative estimate of drug-likeness (QED) is 0.595. The van der Waals surface area contributed by atoms with Crippen molar-refractivity contribution in [1.29, 1.82) is 0 Å². The molecular formula is C18H28O. The van der Waals surface area contributed by atoms with Crippen LogP contribution in [-0.2, 0) is 0 Å². The first-order chi connectivity index (χ1) is 8.89. The van der Waals surface area contributed by atoms with E-state index >= 15 is 0 Å². The van der Waals surface area contributed by atoms with Crippen LogP contribution in [0.3, 0.4) is 0 Å². The van der Waals surface area contributed by atoms with Crippen LogP contribution in [0.15, 0.2) is 0 Å². The largest absolute Gasteiger partial charge is 0.393 e. The van der Waals surface area contributed by atoms with Crippen LogP contribution >= 0.6 is 0 Å². The van der Waals surface area contributed by atoms with Crippen LogP contribution in [0.1, 0.15) is 71.6 Å². The molecule has 4 aliphatic carbocycles. The molecule has 4 fully saturated rings. The van der Waals surface area contributed by atoms with E-state index in [4.69, 9.17) is 6.42 Å². The van der Waals surface area contributed by atoms with Gasteiger partial charge in [0.1, 0.15) is 0 Å². The number of rotatable bonds is 4. The van der Waals surface area contributed by atoms with Crippen LogP contribution in [0.5, 0.6) is 0 Å². The topological polar surface area (TPSA) is 20.2 Å². The maximum absolute atomic E-state index is 10.8. The number of unbranched alkanes of at least 4 members (excludes halogenated alkanes) is 1. The second-order valence-corrected chi connectivity index (χ2v) is 8.60. The van der Waals surface area contributed by atoms with Crippen LogP contribution < -0.4 is 0 Å². The number of terminal acetylenes is 1. The van der Waals surface area contributed by atoms with Gasteiger partial charge in [0.15, 0.2) is 0 Å². The third-order valence-corrected chi connectivity index (χ3v) is 6.17. The summed E-state index contributed by atoms with van der Waals surface area (Å²) in [5.41, 5.74) is 1.22. The highest BCUT2D eigenvalue weighted by molar-refractivity contribution is 5.12. The second-order valence-electron chi connectivity index (χ2n) is 8.60. The van der Waals surface area contributed by atoms with Crippen LogP contribution in [0.25, 0.3) is 0 Å². The first-order valence-corrected chi connectivity index (χ1v) is 8.00. The van der Waals surface area contributed by atoms with Crippen LogP contribution in [-0.4, -0.2) is 11.2 Å². The maximum Gasteiger partial charge on any atom is 0.0597 e. The van der Waals surface area contributed by atoms with Crippen molar-refractivity contribution < 1.29 is 5.11 Å². The Bertz CT molecular complexity index is 386. The third kappa shape index (κ3) is 2.23. The summed E-state index contributed by atoms with van der Waals surface area (Å²) >= 11 is 0. The number of aliphatic hydroxyl groups is 1. The maximum atomic E-state index is 10.8. The van der Waals surface area contributed by atoms with E-state index in [-0.39, 0.29) is 11.5 Å². The van der Waals surface area contributed by atoms with Gasteiger partial charge >= 0.3 is 0 Å². The van der Waals surface area contributed by atoms with E-state index in [0.717, 1.165) is 25.2 Å². The molecule has 0 amide bonds. The highest BCUT2D eigenvalue weighted by Crippen LogP contribution is 2.70. The smallest absolute Gasteiger partial charge is 0.0597 e. The van der Waals surface area contributed by atoms with Gasteiger partial charge in [0.2, 0.25) is 0 Å². The summed E-state index contributed by atoms with van der Waals surface area (Å²) in [5.74, 6) is 3.57. The summed E-state index contributed by atoms with van der Waals surface area (Å²) in [4.78, 5) is 0. The van der Waals surface area contributed by atoms with Gasteiger partial charge in [-0.2, -0.15) is 0 Å². The van der Waals surface area contributed by atoms with E-state index in [1.165, 1.54) is 38.5 Å². The van der Waals surface area contributed by atoms with Crippen molar-refractivity contribution >= 4 is 0 Å². The van der Waals surface area contributed by atoms with Crippen LogP contribution in [0, 0.1) is 34.5 Å². The lowest BCUT2D eigenvalue weighted by Gasteiger charge is -2.66. The summed E-state index contributed by atoms with van der Waals surface area (Å²) in [6.45, 7) is 4.94. The van der Waals surface area contributed by atoms with Gasteiger partial charge in [-0.05, 0) is 73.5 Å². The summed E-state index contributed by atoms with van der Waals surface area (Å²) in [6.07, 6.45) is 15.9. The van der Waals surface area contributed by atoms with Crippen molar-refractivity contribution in [2.45, 2.75) is 77.7 Å². The molecule has 3 atom stereocenters. The predicted molar refractivity (Wildman–Crippen MR) is 78.5 cm³/mol. The first kappa shape index (κ1) is 13.5. The molecule has 0 heterocycles. The molecule has 0 aromatic rings. The second kappa shape index (κ2) is 4.26. The van der Waals surface area contributed by atoms with Gasteiger partial charge in [-0.15, -0.1) is 12.3 Å². The average molecular weight is 260 g/mol. The molecule has 0 aromatic carbocycles. The Kier molecular flexibility index (Phi) is 3.02. The highest BCUT2D eigenvalue weighted by Gasteiger charge is 2.61. The van der Waals surface area contributed by atoms with Crippen molar-refractivity contribution in [2.75, 3.05) is 0 Å². The van der Waals surface area contributed by atoms with Gasteiger partial charge in [0, 0.05) is 6.42 Å². The summed E-state index contributed by atoms with van der Waals surface area (Å²) in [6, 6.07) is 0. The normalized spacial score (nSPS) is 49.1. The molecule has 1 N–H and O–H groups in total. The van der Waals surface area contributed by atoms with Crippen molar-refractivity contribution in [3.8, 4) is 12.3 Å². The average Bonchev–Trinajstić information content (AvgIpc) is 2.24. The predicted octanol–water partition coefficient (Wildman–Crippen LogP) is 4.15. The molecule has 1 heteroatoms. The van der Waals surface area contributed by atoms with E-state index in [0.29, 0.717) is 10.8 Å². The minimum absolute atomic E-state index is 0.122. The minimum Gasteiger partial charge on any atom is -0.393 e. The molecule has 4 aliphatic rings. The fraction of sp³-hybridized carbons (Fsp3) is 0.889. The van der Waals surface area contributed by atoms with Gasteiger partial charge in [-0.3, -0.25) is 0 Å². The zero-order valence-corrected chi connectivity index (χ0v) is 12.5. The summed E-state index contributed by atoms with van der Waals surface area (Å²) in [5, 5.41) is 10.8. The molecule has 4 rings (SSSR count). The fourth-order valence-electron chi connectivity index (χ4n) is 6.61. The van der Waals surface area contributed by atoms with E-state index in [1.54, 1.807) is 0 Å². The molecule has 4 saturated carbocycles. The van der Waals surface area contributed by atoms with Crippen LogP contribution in [0.4, 0.5) is 0 Å². The standard InChI is InChI=1S/C18H28O/c1-4-5-6-7-15(19)18-10-14-8-16(2,12-18)11-17(3,9-14)13-18/h1,14-15,19H,5-13H2,2-3H3. The molecule has 0 aromatic heterocycles. The Morgan fingerprint density at radius 1 is 1.16 bits per heavy atom. The van der Waals surface area contributed by atoms with Crippen molar-refractivity contribution in [2.24, 2.45) is 22.2 Å². The number of hydrogen-bond acceptors (Lipinski definition) is 1. The lowest BCUT2D eigenvalue weighted by atomic mass is 9.39. The molecule has 3 unspecified atom stereocenters. The Labute approximate surface area is 118 Å². The molecule has 4 bridgehead atoms. The molecule has 106 valence electrons. The van der Waals surface area contributed by atoms with Gasteiger partial charge in [-0.1, -0.05) is 13.8 Å². The monoisotopic (exact) mass is 260 g/mol.